The Bertz CT molecular complexity index is 1290. The van der Waals surface area contributed by atoms with Crippen molar-refractivity contribution in [2.75, 3.05) is 6.79 Å². The molecule has 1 unspecified atom stereocenters. The van der Waals surface area contributed by atoms with E-state index in [1.165, 1.54) is 17.3 Å². The van der Waals surface area contributed by atoms with Crippen molar-refractivity contribution in [3.05, 3.63) is 65.3 Å². The summed E-state index contributed by atoms with van der Waals surface area (Å²) >= 11 is 3.04. The lowest BCUT2D eigenvalue weighted by atomic mass is 10.1. The van der Waals surface area contributed by atoms with Gasteiger partial charge in [-0.1, -0.05) is 47.7 Å². The van der Waals surface area contributed by atoms with E-state index in [1.54, 1.807) is 17.7 Å². The molecule has 0 spiro atoms. The molecule has 2 aromatic carbocycles. The molecule has 1 aliphatic heterocycles. The van der Waals surface area contributed by atoms with Gasteiger partial charge in [-0.25, -0.2) is 9.97 Å². The van der Waals surface area contributed by atoms with Crippen molar-refractivity contribution in [1.29, 1.82) is 0 Å². The summed E-state index contributed by atoms with van der Waals surface area (Å²) in [5.41, 5.74) is 4.40. The van der Waals surface area contributed by atoms with Gasteiger partial charge in [-0.15, -0.1) is 11.3 Å². The molecule has 32 heavy (non-hydrogen) atoms. The lowest BCUT2D eigenvalue weighted by Gasteiger charge is -2.13. The van der Waals surface area contributed by atoms with Crippen LogP contribution in [0.4, 0.5) is 0 Å². The zero-order chi connectivity index (χ0) is 22.1. The van der Waals surface area contributed by atoms with Crippen LogP contribution in [0.1, 0.15) is 18.1 Å². The number of thioether (sulfide) groups is 1. The third kappa shape index (κ3) is 4.16. The summed E-state index contributed by atoms with van der Waals surface area (Å²) in [4.78, 5) is 22.7. The molecule has 0 saturated heterocycles. The first kappa shape index (κ1) is 20.8. The average Bonchev–Trinajstić information content (AvgIpc) is 3.45. The van der Waals surface area contributed by atoms with Gasteiger partial charge in [0.25, 0.3) is 0 Å². The molecule has 0 radical (unpaired) electrons. The molecule has 6 nitrogen and oxygen atoms in total. The highest BCUT2D eigenvalue weighted by Crippen LogP contribution is 2.39. The maximum Gasteiger partial charge on any atom is 0.233 e. The van der Waals surface area contributed by atoms with Crippen molar-refractivity contribution < 1.29 is 14.3 Å². The molecule has 0 bridgehead atoms. The third-order valence-electron chi connectivity index (χ3n) is 5.26. The van der Waals surface area contributed by atoms with E-state index < -0.39 is 0 Å². The van der Waals surface area contributed by atoms with E-state index in [-0.39, 0.29) is 18.0 Å². The Morgan fingerprint density at radius 1 is 1.16 bits per heavy atom. The standard InChI is InChI=1S/C24H21N3O3S2/c1-14-3-6-17(7-4-14)18-11-31-23-21(18)24(27-12-26-23)32-15(2)22(28)25-10-16-5-8-19-20(9-16)30-13-29-19/h3-9,11-12,15H,10,13H2,1-2H3,(H,25,28). The predicted octanol–water partition coefficient (Wildman–Crippen LogP) is 5.19. The fraction of sp³-hybridized carbons (Fsp3) is 0.208. The Hall–Kier alpha value is -3.10. The maximum atomic E-state index is 12.8. The monoisotopic (exact) mass is 463 g/mol. The average molecular weight is 464 g/mol. The van der Waals surface area contributed by atoms with Crippen molar-refractivity contribution in [2.45, 2.75) is 30.7 Å². The minimum absolute atomic E-state index is 0.0495. The number of aryl methyl sites for hydroxylation is 1. The Labute approximate surface area is 194 Å². The smallest absolute Gasteiger partial charge is 0.233 e. The molecule has 0 fully saturated rings. The number of rotatable bonds is 6. The number of amides is 1. The number of fused-ring (bicyclic) bond motifs is 2. The topological polar surface area (TPSA) is 73.3 Å². The van der Waals surface area contributed by atoms with Crippen LogP contribution in [0.3, 0.4) is 0 Å². The number of hydrogen-bond acceptors (Lipinski definition) is 7. The normalized spacial score (nSPS) is 13.3. The van der Waals surface area contributed by atoms with Gasteiger partial charge in [0.1, 0.15) is 16.2 Å². The zero-order valence-electron chi connectivity index (χ0n) is 17.6. The van der Waals surface area contributed by atoms with Crippen LogP contribution < -0.4 is 14.8 Å². The molecule has 1 N–H and O–H groups in total. The largest absolute Gasteiger partial charge is 0.454 e. The number of carbonyl (C=O) groups excluding carboxylic acids is 1. The van der Waals surface area contributed by atoms with Gasteiger partial charge in [0.15, 0.2) is 11.5 Å². The van der Waals surface area contributed by atoms with Gasteiger partial charge in [-0.05, 0) is 37.1 Å². The SMILES string of the molecule is Cc1ccc(-c2csc3ncnc(SC(C)C(=O)NCc4ccc5c(c4)OCO5)c23)cc1. The van der Waals surface area contributed by atoms with Crippen LogP contribution in [-0.4, -0.2) is 27.9 Å². The quantitative estimate of drug-likeness (QED) is 0.313. The minimum Gasteiger partial charge on any atom is -0.454 e. The Morgan fingerprint density at radius 3 is 2.81 bits per heavy atom. The lowest BCUT2D eigenvalue weighted by Crippen LogP contribution is -2.30. The summed E-state index contributed by atoms with van der Waals surface area (Å²) in [5.74, 6) is 1.40. The van der Waals surface area contributed by atoms with E-state index in [2.05, 4.69) is 51.9 Å². The van der Waals surface area contributed by atoms with Crippen molar-refractivity contribution in [3.63, 3.8) is 0 Å². The second-order valence-corrected chi connectivity index (χ2v) is 9.73. The molecule has 5 rings (SSSR count). The van der Waals surface area contributed by atoms with E-state index in [9.17, 15) is 4.79 Å². The van der Waals surface area contributed by atoms with Crippen LogP contribution in [0, 0.1) is 6.92 Å². The fourth-order valence-electron chi connectivity index (χ4n) is 3.49. The van der Waals surface area contributed by atoms with E-state index >= 15 is 0 Å². The number of thiophene rings is 1. The highest BCUT2D eigenvalue weighted by molar-refractivity contribution is 8.00. The molecule has 3 heterocycles. The molecule has 0 aliphatic carbocycles. The van der Waals surface area contributed by atoms with Crippen molar-refractivity contribution in [1.82, 2.24) is 15.3 Å². The number of ether oxygens (including phenoxy) is 2. The number of carbonyl (C=O) groups is 1. The van der Waals surface area contributed by atoms with E-state index in [1.807, 2.05) is 25.1 Å². The first-order valence-corrected chi connectivity index (χ1v) is 12.0. The van der Waals surface area contributed by atoms with Crippen LogP contribution in [0.5, 0.6) is 11.5 Å². The first-order valence-electron chi connectivity index (χ1n) is 10.2. The number of nitrogens with one attached hydrogen (secondary N) is 1. The fourth-order valence-corrected chi connectivity index (χ4v) is 5.43. The summed E-state index contributed by atoms with van der Waals surface area (Å²) in [5, 5.41) is 6.62. The highest BCUT2D eigenvalue weighted by Gasteiger charge is 2.20. The third-order valence-corrected chi connectivity index (χ3v) is 7.25. The Balaban J connectivity index is 1.32. The highest BCUT2D eigenvalue weighted by atomic mass is 32.2. The Morgan fingerprint density at radius 2 is 1.97 bits per heavy atom. The molecule has 0 saturated carbocycles. The predicted molar refractivity (Wildman–Crippen MR) is 127 cm³/mol. The van der Waals surface area contributed by atoms with Gasteiger partial charge in [0.2, 0.25) is 12.7 Å². The summed E-state index contributed by atoms with van der Waals surface area (Å²) in [6, 6.07) is 14.1. The van der Waals surface area contributed by atoms with Gasteiger partial charge in [0, 0.05) is 17.5 Å². The van der Waals surface area contributed by atoms with Crippen LogP contribution >= 0.6 is 23.1 Å². The number of hydrogen-bond donors (Lipinski definition) is 1. The second-order valence-electron chi connectivity index (χ2n) is 7.54. The summed E-state index contributed by atoms with van der Waals surface area (Å²) < 4.78 is 10.7. The van der Waals surface area contributed by atoms with Crippen molar-refractivity contribution >= 4 is 39.2 Å². The lowest BCUT2D eigenvalue weighted by molar-refractivity contribution is -0.120. The number of nitrogens with zero attached hydrogens (tertiary/aromatic N) is 2. The minimum atomic E-state index is -0.312. The molecular weight excluding hydrogens is 442 g/mol. The molecule has 162 valence electrons. The summed E-state index contributed by atoms with van der Waals surface area (Å²) in [6.07, 6.45) is 1.57. The zero-order valence-corrected chi connectivity index (χ0v) is 19.3. The van der Waals surface area contributed by atoms with Crippen molar-refractivity contribution in [3.8, 4) is 22.6 Å². The van der Waals surface area contributed by atoms with E-state index in [0.29, 0.717) is 12.3 Å². The van der Waals surface area contributed by atoms with Crippen LogP contribution in [-0.2, 0) is 11.3 Å². The van der Waals surface area contributed by atoms with E-state index in [4.69, 9.17) is 9.47 Å². The van der Waals surface area contributed by atoms with Crippen molar-refractivity contribution in [2.24, 2.45) is 0 Å². The molecule has 4 aromatic rings. The molecule has 2 aromatic heterocycles. The van der Waals surface area contributed by atoms with Gasteiger partial charge in [-0.2, -0.15) is 0 Å². The molecule has 1 aliphatic rings. The summed E-state index contributed by atoms with van der Waals surface area (Å²) in [6.45, 7) is 4.63. The summed E-state index contributed by atoms with van der Waals surface area (Å²) in [7, 11) is 0. The van der Waals surface area contributed by atoms with Crippen LogP contribution in [0.25, 0.3) is 21.3 Å². The molecule has 8 heteroatoms. The van der Waals surface area contributed by atoms with Gasteiger partial charge in [-0.3, -0.25) is 4.79 Å². The molecule has 1 amide bonds. The van der Waals surface area contributed by atoms with Gasteiger partial charge in [0.05, 0.1) is 10.6 Å². The number of aromatic nitrogens is 2. The first-order chi connectivity index (χ1) is 15.6. The molecule has 1 atom stereocenters. The van der Waals surface area contributed by atoms with Gasteiger partial charge < -0.3 is 14.8 Å². The van der Waals surface area contributed by atoms with Gasteiger partial charge >= 0.3 is 0 Å². The number of benzene rings is 2. The second kappa shape index (κ2) is 8.80. The van der Waals surface area contributed by atoms with Crippen LogP contribution in [0.2, 0.25) is 0 Å². The van der Waals surface area contributed by atoms with Crippen LogP contribution in [0.15, 0.2) is 59.2 Å². The van der Waals surface area contributed by atoms with E-state index in [0.717, 1.165) is 37.7 Å². The Kier molecular flexibility index (Phi) is 5.71. The maximum absolute atomic E-state index is 12.8. The molecular formula is C24H21N3O3S2.